The van der Waals surface area contributed by atoms with E-state index >= 15 is 0 Å². The lowest BCUT2D eigenvalue weighted by Gasteiger charge is -2.48. The zero-order valence-corrected chi connectivity index (χ0v) is 32.1. The van der Waals surface area contributed by atoms with Crippen LogP contribution in [0.3, 0.4) is 0 Å². The van der Waals surface area contributed by atoms with E-state index in [-0.39, 0.29) is 31.3 Å². The van der Waals surface area contributed by atoms with Crippen LogP contribution in [0, 0.1) is 12.8 Å². The van der Waals surface area contributed by atoms with Gasteiger partial charge in [-0.1, -0.05) is 43.2 Å². The smallest absolute Gasteiger partial charge is 0.318 e. The van der Waals surface area contributed by atoms with Gasteiger partial charge in [-0.15, -0.1) is 0 Å². The number of nitrogens with zero attached hydrogens (tertiary/aromatic N) is 3. The molecule has 290 valence electrons. The highest BCUT2D eigenvalue weighted by Crippen LogP contribution is 2.47. The fourth-order valence-corrected chi connectivity index (χ4v) is 10.5. The van der Waals surface area contributed by atoms with E-state index in [0.717, 1.165) is 54.3 Å². The molecule has 2 aromatic rings. The second-order valence-corrected chi connectivity index (χ2v) is 18.9. The molecule has 2 saturated carbocycles. The molecule has 4 fully saturated rings. The molecule has 0 bridgehead atoms. The molecular formula is C40H52N6O7S. The van der Waals surface area contributed by atoms with Gasteiger partial charge in [0.1, 0.15) is 29.0 Å². The van der Waals surface area contributed by atoms with E-state index in [1.807, 2.05) is 43.3 Å². The van der Waals surface area contributed by atoms with Crippen molar-refractivity contribution < 1.29 is 32.3 Å². The van der Waals surface area contributed by atoms with Gasteiger partial charge >= 0.3 is 6.03 Å². The van der Waals surface area contributed by atoms with Crippen molar-refractivity contribution in [1.29, 1.82) is 0 Å². The normalized spacial score (nSPS) is 31.5. The molecule has 2 saturated heterocycles. The number of allylic oxidation sites excluding steroid dienone is 1. The maximum absolute atomic E-state index is 14.8. The number of rotatable bonds is 4. The molecule has 13 nitrogen and oxygen atoms in total. The molecule has 54 heavy (non-hydrogen) atoms. The first-order valence-corrected chi connectivity index (χ1v) is 21.3. The molecular weight excluding hydrogens is 709 g/mol. The Labute approximate surface area is 317 Å². The number of likely N-dealkylation sites (tertiary alicyclic amines) is 1. The molecule has 4 aliphatic heterocycles. The summed E-state index contributed by atoms with van der Waals surface area (Å²) < 4.78 is 34.8. The highest BCUT2D eigenvalue weighted by molar-refractivity contribution is 7.91. The van der Waals surface area contributed by atoms with Gasteiger partial charge < -0.3 is 25.2 Å². The Balaban J connectivity index is 1.14. The number of hydrogen-bond acceptors (Lipinski definition) is 8. The predicted octanol–water partition coefficient (Wildman–Crippen LogP) is 4.17. The second kappa shape index (κ2) is 13.8. The number of sulfonamides is 1. The molecule has 2 aliphatic carbocycles. The molecule has 3 N–H and O–H groups in total. The van der Waals surface area contributed by atoms with Crippen LogP contribution in [0.15, 0.2) is 36.4 Å². The number of aromatic nitrogens is 1. The number of benzene rings is 1. The van der Waals surface area contributed by atoms with Crippen molar-refractivity contribution in [3.05, 3.63) is 47.7 Å². The van der Waals surface area contributed by atoms with Crippen LogP contribution in [0.2, 0.25) is 0 Å². The minimum absolute atomic E-state index is 0.112. The average molecular weight is 761 g/mol. The Morgan fingerprint density at radius 1 is 1.00 bits per heavy atom. The SMILES string of the molecule is Cc1nc2ccccc2c2c1O[C@]1(CC2)C[C@H]2C(=O)N[C@]3(C(=O)NS(=O)(=O)C4(C)CC4)CC[C@H]3/C=C\CCCCC[C@H](NC(=O)N3CCCC3)C(=O)N2C1. The molecule has 5 atom stereocenters. The lowest BCUT2D eigenvalue weighted by molar-refractivity contribution is -0.144. The van der Waals surface area contributed by atoms with Crippen LogP contribution in [0.25, 0.3) is 10.9 Å². The first-order valence-electron chi connectivity index (χ1n) is 19.8. The number of para-hydroxylation sites is 1. The van der Waals surface area contributed by atoms with Crippen molar-refractivity contribution >= 4 is 44.7 Å². The fourth-order valence-electron chi connectivity index (χ4n) is 9.18. The van der Waals surface area contributed by atoms with E-state index in [0.29, 0.717) is 63.8 Å². The van der Waals surface area contributed by atoms with Gasteiger partial charge in [-0.05, 0) is 90.5 Å². The lowest BCUT2D eigenvalue weighted by Crippen LogP contribution is -2.70. The van der Waals surface area contributed by atoms with E-state index in [1.54, 1.807) is 16.7 Å². The summed E-state index contributed by atoms with van der Waals surface area (Å²) in [5.74, 6) is -1.39. The molecule has 5 amide bonds. The Morgan fingerprint density at radius 2 is 1.78 bits per heavy atom. The monoisotopic (exact) mass is 760 g/mol. The van der Waals surface area contributed by atoms with Crippen molar-refractivity contribution in [2.24, 2.45) is 5.92 Å². The molecule has 5 heterocycles. The Morgan fingerprint density at radius 3 is 2.52 bits per heavy atom. The number of carbonyl (C=O) groups excluding carboxylic acids is 4. The van der Waals surface area contributed by atoms with Crippen molar-refractivity contribution in [2.45, 2.75) is 132 Å². The number of fused-ring (bicyclic) bond motifs is 5. The zero-order valence-electron chi connectivity index (χ0n) is 31.3. The van der Waals surface area contributed by atoms with E-state index < -0.39 is 55.7 Å². The Hall–Kier alpha value is -4.20. The van der Waals surface area contributed by atoms with Crippen LogP contribution in [-0.2, 0) is 30.8 Å². The van der Waals surface area contributed by atoms with E-state index in [1.165, 1.54) is 0 Å². The third kappa shape index (κ3) is 6.51. The van der Waals surface area contributed by atoms with Gasteiger partial charge in [0.15, 0.2) is 0 Å². The number of carbonyl (C=O) groups is 4. The number of pyridine rings is 1. The summed E-state index contributed by atoms with van der Waals surface area (Å²) in [6.45, 7) is 4.90. The molecule has 1 aromatic heterocycles. The molecule has 14 heteroatoms. The number of amides is 5. The van der Waals surface area contributed by atoms with Crippen LogP contribution < -0.4 is 20.1 Å². The van der Waals surface area contributed by atoms with Crippen LogP contribution in [-0.4, -0.2) is 94.6 Å². The van der Waals surface area contributed by atoms with E-state index in [9.17, 15) is 27.6 Å². The number of urea groups is 1. The van der Waals surface area contributed by atoms with E-state index in [4.69, 9.17) is 9.72 Å². The van der Waals surface area contributed by atoms with Gasteiger partial charge in [0.25, 0.3) is 5.91 Å². The standard InChI is InChI=1S/C40H52N6O7S/c1-26-33-29(28-13-8-9-14-30(28)41-26)17-18-39(53-33)24-32-34(47)43-40(36(49)44-54(51,52)38(2)20-21-38)19-16-27(40)12-6-4-3-5-7-15-31(35(48)46(32)25-39)42-37(50)45-22-10-11-23-45/h6,8-9,12-14,27,31-32H,3-5,7,10-11,15-25H2,1-2H3,(H,42,50)(H,43,47)(H,44,49)/b12-6-/t27-,31+,32+,39-,40-/m1/s1. The molecule has 1 spiro atoms. The van der Waals surface area contributed by atoms with Crippen LogP contribution in [0.4, 0.5) is 4.79 Å². The number of hydrogen-bond donors (Lipinski definition) is 3. The fraction of sp³-hybridized carbons (Fsp3) is 0.625. The highest BCUT2D eigenvalue weighted by Gasteiger charge is 2.59. The molecule has 0 radical (unpaired) electrons. The summed E-state index contributed by atoms with van der Waals surface area (Å²) >= 11 is 0. The maximum atomic E-state index is 14.8. The van der Waals surface area contributed by atoms with Crippen LogP contribution >= 0.6 is 0 Å². The van der Waals surface area contributed by atoms with Crippen LogP contribution in [0.1, 0.15) is 102 Å². The Bertz CT molecular complexity index is 2010. The van der Waals surface area contributed by atoms with Gasteiger partial charge in [0, 0.05) is 36.4 Å². The summed E-state index contributed by atoms with van der Waals surface area (Å²) in [6.07, 6.45) is 12.4. The third-order valence-corrected chi connectivity index (χ3v) is 15.2. The third-order valence-electron chi connectivity index (χ3n) is 13.0. The first kappa shape index (κ1) is 36.8. The van der Waals surface area contributed by atoms with Crippen LogP contribution in [0.5, 0.6) is 5.75 Å². The van der Waals surface area contributed by atoms with E-state index in [2.05, 4.69) is 15.4 Å². The van der Waals surface area contributed by atoms with Crippen molar-refractivity contribution in [3.63, 3.8) is 0 Å². The summed E-state index contributed by atoms with van der Waals surface area (Å²) in [5.41, 5.74) is 0.226. The highest BCUT2D eigenvalue weighted by atomic mass is 32.2. The topological polar surface area (TPSA) is 167 Å². The van der Waals surface area contributed by atoms with Gasteiger partial charge in [-0.2, -0.15) is 0 Å². The summed E-state index contributed by atoms with van der Waals surface area (Å²) in [6, 6.07) is 5.77. The van der Waals surface area contributed by atoms with Gasteiger partial charge in [0.2, 0.25) is 21.8 Å². The quantitative estimate of drug-likeness (QED) is 0.391. The zero-order chi connectivity index (χ0) is 37.9. The summed E-state index contributed by atoms with van der Waals surface area (Å²) in [7, 11) is -3.98. The van der Waals surface area contributed by atoms with Gasteiger partial charge in [-0.25, -0.2) is 18.2 Å². The number of aryl methyl sites for hydroxylation is 2. The Kier molecular flexibility index (Phi) is 9.41. The summed E-state index contributed by atoms with van der Waals surface area (Å²) in [4.78, 5) is 65.3. The van der Waals surface area contributed by atoms with Gasteiger partial charge in [-0.3, -0.25) is 19.1 Å². The average Bonchev–Trinajstić information content (AvgIpc) is 3.51. The van der Waals surface area contributed by atoms with Gasteiger partial charge in [0.05, 0.1) is 22.5 Å². The maximum Gasteiger partial charge on any atom is 0.318 e. The first-order chi connectivity index (χ1) is 25.8. The summed E-state index contributed by atoms with van der Waals surface area (Å²) in [5, 5.41) is 7.08. The molecule has 1 aromatic carbocycles. The number of nitrogens with one attached hydrogen (secondary N) is 3. The van der Waals surface area contributed by atoms with Crippen molar-refractivity contribution in [2.75, 3.05) is 19.6 Å². The lowest BCUT2D eigenvalue weighted by atomic mass is 9.65. The second-order valence-electron chi connectivity index (χ2n) is 16.7. The van der Waals surface area contributed by atoms with Crippen molar-refractivity contribution in [1.82, 2.24) is 30.1 Å². The van der Waals surface area contributed by atoms with Crippen molar-refractivity contribution in [3.8, 4) is 5.75 Å². The molecule has 0 unspecified atom stereocenters. The predicted molar refractivity (Wildman–Crippen MR) is 202 cm³/mol. The minimum Gasteiger partial charge on any atom is -0.483 e. The molecule has 8 rings (SSSR count). The minimum atomic E-state index is -3.98. The largest absolute Gasteiger partial charge is 0.483 e. The molecule has 6 aliphatic rings. The number of ether oxygens (including phenoxy) is 1.